The first-order valence-electron chi connectivity index (χ1n) is 10.2. The molecule has 1 N–H and O–H groups in total. The molecule has 0 bridgehead atoms. The molecule has 1 saturated heterocycles. The first-order valence-corrected chi connectivity index (χ1v) is 11.2. The normalized spacial score (nSPS) is 29.1. The van der Waals surface area contributed by atoms with Crippen LogP contribution < -0.4 is 5.32 Å². The van der Waals surface area contributed by atoms with Crippen LogP contribution in [0.2, 0.25) is 0 Å². The van der Waals surface area contributed by atoms with Gasteiger partial charge in [0.25, 0.3) is 5.91 Å². The number of nitrogens with one attached hydrogen (secondary N) is 1. The lowest BCUT2D eigenvalue weighted by Gasteiger charge is -2.47. The summed E-state index contributed by atoms with van der Waals surface area (Å²) < 4.78 is 5.27. The van der Waals surface area contributed by atoms with Crippen molar-refractivity contribution in [3.05, 3.63) is 12.2 Å². The molecule has 0 aromatic heterocycles. The number of amides is 2. The zero-order valence-electron chi connectivity index (χ0n) is 17.5. The Hall–Kier alpha value is -1.27. The van der Waals surface area contributed by atoms with Crippen molar-refractivity contribution >= 4 is 41.5 Å². The average Bonchev–Trinajstić information content (AvgIpc) is 3.41. The lowest BCUT2D eigenvalue weighted by Crippen LogP contribution is -2.71. The van der Waals surface area contributed by atoms with Crippen LogP contribution >= 0.6 is 23.2 Å². The molecule has 1 heterocycles. The minimum Gasteiger partial charge on any atom is -0.458 e. The third-order valence-electron chi connectivity index (χ3n) is 5.49. The van der Waals surface area contributed by atoms with Crippen molar-refractivity contribution in [1.29, 1.82) is 0 Å². The van der Waals surface area contributed by atoms with E-state index in [2.05, 4.69) is 11.9 Å². The molecular formula is C21H32Cl2N2O4. The van der Waals surface area contributed by atoms with Gasteiger partial charge in [-0.15, -0.1) is 11.6 Å². The number of fused-ring (bicyclic) bond motifs is 1. The van der Waals surface area contributed by atoms with Gasteiger partial charge in [-0.1, -0.05) is 50.3 Å². The number of hydrogen-bond donors (Lipinski definition) is 1. The van der Waals surface area contributed by atoms with Crippen LogP contribution in [0.4, 0.5) is 0 Å². The van der Waals surface area contributed by atoms with E-state index < -0.39 is 35.1 Å². The number of carbonyl (C=O) groups excluding carboxylic acids is 3. The summed E-state index contributed by atoms with van der Waals surface area (Å²) in [7, 11) is 0. The maximum atomic E-state index is 12.3. The molecular weight excluding hydrogens is 415 g/mol. The van der Waals surface area contributed by atoms with Gasteiger partial charge in [-0.25, -0.2) is 4.79 Å². The molecule has 1 aliphatic heterocycles. The van der Waals surface area contributed by atoms with Crippen molar-refractivity contribution in [1.82, 2.24) is 10.2 Å². The highest BCUT2D eigenvalue weighted by Crippen LogP contribution is 2.47. The Labute approximate surface area is 183 Å². The predicted octanol–water partition coefficient (Wildman–Crippen LogP) is 3.60. The summed E-state index contributed by atoms with van der Waals surface area (Å²) in [5, 5.41) is 2.29. The van der Waals surface area contributed by atoms with E-state index in [0.29, 0.717) is 12.0 Å². The lowest BCUT2D eigenvalue weighted by atomic mass is 9.99. The van der Waals surface area contributed by atoms with Gasteiger partial charge in [0.1, 0.15) is 17.1 Å². The maximum Gasteiger partial charge on any atom is 0.333 e. The fourth-order valence-corrected chi connectivity index (χ4v) is 4.42. The van der Waals surface area contributed by atoms with E-state index in [1.807, 2.05) is 0 Å². The second-order valence-corrected chi connectivity index (χ2v) is 9.72. The largest absolute Gasteiger partial charge is 0.458 e. The number of halogens is 2. The monoisotopic (exact) mass is 446 g/mol. The van der Waals surface area contributed by atoms with Gasteiger partial charge in [-0.2, -0.15) is 0 Å². The molecule has 2 saturated carbocycles. The predicted molar refractivity (Wildman–Crippen MR) is 114 cm³/mol. The molecule has 2 amide bonds. The molecule has 0 spiro atoms. The van der Waals surface area contributed by atoms with Gasteiger partial charge >= 0.3 is 5.97 Å². The third kappa shape index (κ3) is 6.35. The minimum atomic E-state index is -1.07. The number of hydrogen-bond acceptors (Lipinski definition) is 4. The van der Waals surface area contributed by atoms with Gasteiger partial charge in [0.15, 0.2) is 6.04 Å². The molecule has 3 rings (SSSR count). The van der Waals surface area contributed by atoms with Crippen molar-refractivity contribution in [2.45, 2.75) is 82.5 Å². The van der Waals surface area contributed by atoms with Crippen LogP contribution in [-0.2, 0) is 19.1 Å². The van der Waals surface area contributed by atoms with Crippen LogP contribution in [0.3, 0.4) is 0 Å². The van der Waals surface area contributed by atoms with Gasteiger partial charge < -0.3 is 15.0 Å². The number of β-lactam (4-membered cyclic amide) rings is 1. The molecule has 3 aliphatic rings. The summed E-state index contributed by atoms with van der Waals surface area (Å²) in [4.78, 5) is 35.8. The van der Waals surface area contributed by atoms with Crippen molar-refractivity contribution in [2.75, 3.05) is 5.88 Å². The molecule has 2 aliphatic carbocycles. The molecule has 6 nitrogen and oxygen atoms in total. The number of likely N-dealkylation sites (tertiary alicyclic amines) is 1. The Morgan fingerprint density at radius 2 is 1.90 bits per heavy atom. The lowest BCUT2D eigenvalue weighted by molar-refractivity contribution is -0.169. The molecule has 0 aromatic carbocycles. The van der Waals surface area contributed by atoms with Crippen LogP contribution in [0, 0.1) is 11.8 Å². The quantitative estimate of drug-likeness (QED) is 0.169. The molecule has 164 valence electrons. The van der Waals surface area contributed by atoms with Crippen molar-refractivity contribution in [2.24, 2.45) is 11.8 Å². The Bertz CT molecular complexity index is 625. The fourth-order valence-electron chi connectivity index (χ4n) is 3.89. The van der Waals surface area contributed by atoms with E-state index in [4.69, 9.17) is 27.9 Å². The fraction of sp³-hybridized carbons (Fsp3) is 0.762. The summed E-state index contributed by atoms with van der Waals surface area (Å²) in [6.07, 6.45) is 9.67. The summed E-state index contributed by atoms with van der Waals surface area (Å²) in [6, 6.07) is -1.93. The van der Waals surface area contributed by atoms with Crippen molar-refractivity contribution < 1.29 is 19.1 Å². The van der Waals surface area contributed by atoms with E-state index in [0.717, 1.165) is 4.90 Å². The van der Waals surface area contributed by atoms with E-state index in [1.54, 1.807) is 40.0 Å². The van der Waals surface area contributed by atoms with Crippen molar-refractivity contribution in [3.63, 3.8) is 0 Å². The zero-order valence-corrected chi connectivity index (χ0v) is 19.0. The topological polar surface area (TPSA) is 75.7 Å². The number of carbonyl (C=O) groups is 3. The van der Waals surface area contributed by atoms with Gasteiger partial charge in [-0.05, 0) is 44.6 Å². The Morgan fingerprint density at radius 3 is 2.34 bits per heavy atom. The van der Waals surface area contributed by atoms with Gasteiger partial charge in [0, 0.05) is 5.88 Å². The maximum absolute atomic E-state index is 12.3. The zero-order chi connectivity index (χ0) is 21.8. The van der Waals surface area contributed by atoms with E-state index >= 15 is 0 Å². The van der Waals surface area contributed by atoms with Crippen LogP contribution in [0.25, 0.3) is 0 Å². The first kappa shape index (κ1) is 24.0. The number of nitrogens with zero attached hydrogens (tertiary/aromatic N) is 1. The molecule has 3 fully saturated rings. The highest BCUT2D eigenvalue weighted by molar-refractivity contribution is 6.27. The molecule has 29 heavy (non-hydrogen) atoms. The van der Waals surface area contributed by atoms with Gasteiger partial charge in [0.05, 0.1) is 0 Å². The molecule has 8 heteroatoms. The molecule has 5 unspecified atom stereocenters. The van der Waals surface area contributed by atoms with E-state index in [1.165, 1.54) is 31.1 Å². The van der Waals surface area contributed by atoms with Crippen LogP contribution in [0.15, 0.2) is 12.2 Å². The molecule has 0 aromatic rings. The van der Waals surface area contributed by atoms with Crippen LogP contribution in [-0.4, -0.2) is 52.3 Å². The second kappa shape index (κ2) is 10.2. The third-order valence-corrected chi connectivity index (χ3v) is 6.30. The van der Waals surface area contributed by atoms with Crippen LogP contribution in [0.5, 0.6) is 0 Å². The van der Waals surface area contributed by atoms with Crippen molar-refractivity contribution in [3.8, 4) is 0 Å². The van der Waals surface area contributed by atoms with E-state index in [9.17, 15) is 14.4 Å². The highest BCUT2D eigenvalue weighted by Gasteiger charge is 2.52. The Kier molecular flexibility index (Phi) is 8.41. The van der Waals surface area contributed by atoms with Crippen LogP contribution in [0.1, 0.15) is 59.3 Å². The number of ether oxygens (including phenoxy) is 1. The average molecular weight is 447 g/mol. The van der Waals surface area contributed by atoms with Gasteiger partial charge in [-0.3, -0.25) is 9.59 Å². The van der Waals surface area contributed by atoms with E-state index in [-0.39, 0.29) is 5.88 Å². The number of alkyl halides is 2. The summed E-state index contributed by atoms with van der Waals surface area (Å²) >= 11 is 11.8. The summed E-state index contributed by atoms with van der Waals surface area (Å²) in [6.45, 7) is 8.81. The molecule has 0 radical (unpaired) electrons. The number of esters is 1. The minimum absolute atomic E-state index is 0.0247. The number of rotatable bonds is 6. The summed E-state index contributed by atoms with van der Waals surface area (Å²) in [5.41, 5.74) is -1.28. The summed E-state index contributed by atoms with van der Waals surface area (Å²) in [5.74, 6) is 1.22. The second-order valence-electron chi connectivity index (χ2n) is 9.00. The highest BCUT2D eigenvalue weighted by atomic mass is 35.5. The van der Waals surface area contributed by atoms with Gasteiger partial charge in [0.2, 0.25) is 6.41 Å². The standard InChI is InChI=1S/C13H18Cl2N2O4.C8H14/c1-7(5-14)9(12(20)21-13(2,3)4)17-10(15)8(11(17)19)16-6-18;1-2-4-7-6-8(7)5-3-1/h6,8-10H,1,5H2,2-4H3,(H,16,18);7-8H,1-6H2. The first-order chi connectivity index (χ1) is 13.6. The molecule has 5 atom stereocenters. The Balaban J connectivity index is 0.000000305. The Morgan fingerprint density at radius 1 is 1.31 bits per heavy atom. The smallest absolute Gasteiger partial charge is 0.333 e. The SMILES string of the molecule is C1CCC2CC2CC1.C=C(CCl)C(C(=O)OC(C)(C)C)N1C(=O)C(NC=O)C1Cl.